The van der Waals surface area contributed by atoms with Gasteiger partial charge in [-0.05, 0) is 12.1 Å². The first-order valence-electron chi connectivity index (χ1n) is 6.18. The molecule has 7 nitrogen and oxygen atoms in total. The number of hydrogen-bond acceptors (Lipinski definition) is 6. The van der Waals surface area contributed by atoms with Crippen LogP contribution in [0.25, 0.3) is 11.0 Å². The molecule has 0 fully saturated rings. The SMILES string of the molecule is N#Cc1c(N)n(COc2ccccc2)c2ncnc(N)c12. The fraction of sp³-hybridized carbons (Fsp3) is 0.0714. The van der Waals surface area contributed by atoms with Crippen LogP contribution in [0, 0.1) is 11.3 Å². The molecule has 0 spiro atoms. The standard InChI is InChI=1S/C14H12N6O/c15-6-10-11-12(16)18-7-19-14(11)20(13(10)17)8-21-9-4-2-1-3-5-9/h1-5,7H,8,17H2,(H2,16,18,19). The van der Waals surface area contributed by atoms with E-state index in [4.69, 9.17) is 16.2 Å². The third-order valence-corrected chi connectivity index (χ3v) is 3.12. The maximum atomic E-state index is 9.24. The number of nitrogens with two attached hydrogens (primary N) is 2. The Bertz CT molecular complexity index is 834. The lowest BCUT2D eigenvalue weighted by Crippen LogP contribution is -2.09. The lowest BCUT2D eigenvalue weighted by molar-refractivity contribution is 0.243. The van der Waals surface area contributed by atoms with Crippen LogP contribution in [0.5, 0.6) is 5.75 Å². The van der Waals surface area contributed by atoms with Crippen LogP contribution in [0.3, 0.4) is 0 Å². The van der Waals surface area contributed by atoms with Crippen LogP contribution in [-0.4, -0.2) is 14.5 Å². The first-order chi connectivity index (χ1) is 10.2. The van der Waals surface area contributed by atoms with Gasteiger partial charge in [0.25, 0.3) is 0 Å². The number of fused-ring (bicyclic) bond motifs is 1. The van der Waals surface area contributed by atoms with Crippen molar-refractivity contribution in [2.75, 3.05) is 11.5 Å². The molecule has 0 saturated carbocycles. The minimum absolute atomic E-state index is 0.129. The summed E-state index contributed by atoms with van der Waals surface area (Å²) < 4.78 is 7.25. The molecule has 4 N–H and O–H groups in total. The lowest BCUT2D eigenvalue weighted by Gasteiger charge is -2.09. The number of aromatic nitrogens is 3. The summed E-state index contributed by atoms with van der Waals surface area (Å²) in [5, 5.41) is 9.70. The minimum Gasteiger partial charge on any atom is -0.473 e. The van der Waals surface area contributed by atoms with Crippen molar-refractivity contribution in [3.63, 3.8) is 0 Å². The van der Waals surface area contributed by atoms with Crippen molar-refractivity contribution < 1.29 is 4.74 Å². The fourth-order valence-electron chi connectivity index (χ4n) is 2.11. The Labute approximate surface area is 120 Å². The van der Waals surface area contributed by atoms with Gasteiger partial charge in [-0.1, -0.05) is 18.2 Å². The molecule has 0 amide bonds. The van der Waals surface area contributed by atoms with Crippen LogP contribution in [0.1, 0.15) is 5.56 Å². The quantitative estimate of drug-likeness (QED) is 0.751. The molecule has 7 heteroatoms. The number of anilines is 2. The number of rotatable bonds is 3. The van der Waals surface area contributed by atoms with Crippen LogP contribution < -0.4 is 16.2 Å². The zero-order valence-corrected chi connectivity index (χ0v) is 11.0. The second kappa shape index (κ2) is 5.02. The van der Waals surface area contributed by atoms with E-state index in [1.54, 1.807) is 4.57 Å². The van der Waals surface area contributed by atoms with Crippen molar-refractivity contribution in [1.29, 1.82) is 5.26 Å². The van der Waals surface area contributed by atoms with Gasteiger partial charge in [0.1, 0.15) is 35.3 Å². The van der Waals surface area contributed by atoms with E-state index < -0.39 is 0 Å². The minimum atomic E-state index is 0.129. The van der Waals surface area contributed by atoms with Gasteiger partial charge < -0.3 is 16.2 Å². The highest BCUT2D eigenvalue weighted by Gasteiger charge is 2.18. The fourth-order valence-corrected chi connectivity index (χ4v) is 2.11. The van der Waals surface area contributed by atoms with E-state index in [1.807, 2.05) is 36.4 Å². The predicted octanol–water partition coefficient (Wildman–Crippen LogP) is 1.50. The Hall–Kier alpha value is -3.27. The molecule has 0 unspecified atom stereocenters. The van der Waals surface area contributed by atoms with Crippen molar-refractivity contribution in [2.24, 2.45) is 0 Å². The monoisotopic (exact) mass is 280 g/mol. The summed E-state index contributed by atoms with van der Waals surface area (Å²) in [4.78, 5) is 8.04. The molecule has 3 aromatic rings. The predicted molar refractivity (Wildman–Crippen MR) is 78.1 cm³/mol. The molecule has 0 aliphatic carbocycles. The van der Waals surface area contributed by atoms with Gasteiger partial charge >= 0.3 is 0 Å². The second-order valence-corrected chi connectivity index (χ2v) is 4.34. The van der Waals surface area contributed by atoms with Crippen LogP contribution in [-0.2, 0) is 6.73 Å². The molecule has 0 bridgehead atoms. The second-order valence-electron chi connectivity index (χ2n) is 4.34. The average molecular weight is 280 g/mol. The number of benzene rings is 1. The van der Waals surface area contributed by atoms with Gasteiger partial charge in [-0.3, -0.25) is 4.57 Å². The van der Waals surface area contributed by atoms with Crippen LogP contribution >= 0.6 is 0 Å². The van der Waals surface area contributed by atoms with Crippen molar-refractivity contribution in [3.8, 4) is 11.8 Å². The molecule has 0 saturated heterocycles. The topological polar surface area (TPSA) is 116 Å². The number of nitrogen functional groups attached to an aromatic ring is 2. The van der Waals surface area contributed by atoms with Gasteiger partial charge in [0, 0.05) is 0 Å². The molecule has 0 radical (unpaired) electrons. The first kappa shape index (κ1) is 12.7. The van der Waals surface area contributed by atoms with Crippen LogP contribution in [0.4, 0.5) is 11.6 Å². The molecular weight excluding hydrogens is 268 g/mol. The van der Waals surface area contributed by atoms with E-state index in [0.29, 0.717) is 16.8 Å². The molecule has 0 atom stereocenters. The number of para-hydroxylation sites is 1. The highest BCUT2D eigenvalue weighted by molar-refractivity contribution is 5.96. The molecule has 21 heavy (non-hydrogen) atoms. The summed E-state index contributed by atoms with van der Waals surface area (Å²) in [6.45, 7) is 0.129. The van der Waals surface area contributed by atoms with Gasteiger partial charge in [0.2, 0.25) is 0 Å². The van der Waals surface area contributed by atoms with Crippen molar-refractivity contribution >= 4 is 22.7 Å². The summed E-state index contributed by atoms with van der Waals surface area (Å²) in [7, 11) is 0. The molecule has 0 aliphatic rings. The van der Waals surface area contributed by atoms with E-state index in [9.17, 15) is 5.26 Å². The van der Waals surface area contributed by atoms with Gasteiger partial charge in [0.15, 0.2) is 12.4 Å². The molecule has 3 rings (SSSR count). The Balaban J connectivity index is 2.05. The summed E-state index contributed by atoms with van der Waals surface area (Å²) >= 11 is 0. The first-order valence-corrected chi connectivity index (χ1v) is 6.18. The summed E-state index contributed by atoms with van der Waals surface area (Å²) in [5.41, 5.74) is 12.5. The zero-order chi connectivity index (χ0) is 14.8. The lowest BCUT2D eigenvalue weighted by atomic mass is 10.2. The zero-order valence-electron chi connectivity index (χ0n) is 11.0. The molecule has 2 heterocycles. The van der Waals surface area contributed by atoms with Gasteiger partial charge in [-0.2, -0.15) is 5.26 Å². The van der Waals surface area contributed by atoms with Gasteiger partial charge in [0.05, 0.1) is 5.39 Å². The average Bonchev–Trinajstić information content (AvgIpc) is 2.79. The third kappa shape index (κ3) is 2.08. The van der Waals surface area contributed by atoms with E-state index >= 15 is 0 Å². The van der Waals surface area contributed by atoms with Crippen molar-refractivity contribution in [2.45, 2.75) is 6.73 Å². The Morgan fingerprint density at radius 2 is 1.95 bits per heavy atom. The van der Waals surface area contributed by atoms with Gasteiger partial charge in [-0.15, -0.1) is 0 Å². The van der Waals surface area contributed by atoms with Crippen molar-refractivity contribution in [1.82, 2.24) is 14.5 Å². The van der Waals surface area contributed by atoms with Crippen LogP contribution in [0.15, 0.2) is 36.7 Å². The third-order valence-electron chi connectivity index (χ3n) is 3.12. The maximum Gasteiger partial charge on any atom is 0.168 e. The van der Waals surface area contributed by atoms with E-state index in [0.717, 1.165) is 0 Å². The number of nitrogens with zero attached hydrogens (tertiary/aromatic N) is 4. The number of ether oxygens (including phenoxy) is 1. The summed E-state index contributed by atoms with van der Waals surface area (Å²) in [6, 6.07) is 11.3. The Morgan fingerprint density at radius 1 is 1.19 bits per heavy atom. The van der Waals surface area contributed by atoms with E-state index in [-0.39, 0.29) is 23.9 Å². The smallest absolute Gasteiger partial charge is 0.168 e. The molecule has 104 valence electrons. The summed E-state index contributed by atoms with van der Waals surface area (Å²) in [5.74, 6) is 1.18. The molecule has 0 aliphatic heterocycles. The largest absolute Gasteiger partial charge is 0.473 e. The van der Waals surface area contributed by atoms with Gasteiger partial charge in [-0.25, -0.2) is 9.97 Å². The summed E-state index contributed by atoms with van der Waals surface area (Å²) in [6.07, 6.45) is 1.33. The van der Waals surface area contributed by atoms with Crippen LogP contribution in [0.2, 0.25) is 0 Å². The molecule has 1 aromatic carbocycles. The van der Waals surface area contributed by atoms with Crippen molar-refractivity contribution in [3.05, 3.63) is 42.2 Å². The van der Waals surface area contributed by atoms with E-state index in [2.05, 4.69) is 9.97 Å². The van der Waals surface area contributed by atoms with E-state index in [1.165, 1.54) is 6.33 Å². The number of nitriles is 1. The molecule has 2 aromatic heterocycles. The molecular formula is C14H12N6O. The highest BCUT2D eigenvalue weighted by Crippen LogP contribution is 2.29. The maximum absolute atomic E-state index is 9.24. The Kier molecular flexibility index (Phi) is 3.04. The Morgan fingerprint density at radius 3 is 2.67 bits per heavy atom. The highest BCUT2D eigenvalue weighted by atomic mass is 16.5. The number of hydrogen-bond donors (Lipinski definition) is 2. The normalized spacial score (nSPS) is 10.4.